The number of ether oxygens (including phenoxy) is 1. The summed E-state index contributed by atoms with van der Waals surface area (Å²) in [4.78, 5) is 28.5. The van der Waals surface area contributed by atoms with Gasteiger partial charge in [0.25, 0.3) is 11.5 Å². The van der Waals surface area contributed by atoms with Gasteiger partial charge in [0, 0.05) is 38.8 Å². The molecular weight excluding hydrogens is 388 g/mol. The van der Waals surface area contributed by atoms with Gasteiger partial charge in [0.1, 0.15) is 10.2 Å². The Bertz CT molecular complexity index is 844. The van der Waals surface area contributed by atoms with Crippen LogP contribution >= 0.6 is 15.9 Å². The van der Waals surface area contributed by atoms with Crippen LogP contribution in [0.4, 0.5) is 5.69 Å². The fourth-order valence-electron chi connectivity index (χ4n) is 2.81. The smallest absolute Gasteiger partial charge is 0.282 e. The first-order valence-electron chi connectivity index (χ1n) is 7.91. The summed E-state index contributed by atoms with van der Waals surface area (Å²) in [6.07, 6.45) is 1.67. The van der Waals surface area contributed by atoms with Gasteiger partial charge in [0.2, 0.25) is 0 Å². The van der Waals surface area contributed by atoms with Crippen molar-refractivity contribution in [2.75, 3.05) is 38.2 Å². The molecule has 0 radical (unpaired) electrons. The maximum atomic E-state index is 12.7. The number of methoxy groups -OCH3 is 1. The fourth-order valence-corrected chi connectivity index (χ4v) is 3.42. The lowest BCUT2D eigenvalue weighted by molar-refractivity contribution is 0.0746. The second-order valence-corrected chi connectivity index (χ2v) is 6.58. The molecule has 1 aromatic heterocycles. The van der Waals surface area contributed by atoms with Crippen molar-refractivity contribution in [1.82, 2.24) is 14.7 Å². The highest BCUT2D eigenvalue weighted by atomic mass is 79.9. The molecule has 2 heterocycles. The molecule has 3 rings (SSSR count). The van der Waals surface area contributed by atoms with Crippen molar-refractivity contribution in [3.8, 4) is 5.75 Å². The summed E-state index contributed by atoms with van der Waals surface area (Å²) in [5.41, 5.74) is 1.20. The van der Waals surface area contributed by atoms with E-state index in [2.05, 4.69) is 25.9 Å². The second-order valence-electron chi connectivity index (χ2n) is 5.78. The van der Waals surface area contributed by atoms with Crippen LogP contribution in [-0.4, -0.2) is 53.9 Å². The molecule has 1 saturated heterocycles. The SMILES string of the molecule is COc1cccc(C(=O)N2CCN(c3cnn(C)c(=O)c3Br)CC2)c1. The van der Waals surface area contributed by atoms with Crippen molar-refractivity contribution in [3.05, 3.63) is 50.9 Å². The Morgan fingerprint density at radius 3 is 2.64 bits per heavy atom. The van der Waals surface area contributed by atoms with Crippen molar-refractivity contribution in [2.45, 2.75) is 0 Å². The first-order chi connectivity index (χ1) is 12.0. The molecule has 0 spiro atoms. The molecule has 132 valence electrons. The van der Waals surface area contributed by atoms with E-state index in [4.69, 9.17) is 4.74 Å². The van der Waals surface area contributed by atoms with Crippen LogP contribution in [0.5, 0.6) is 5.75 Å². The number of anilines is 1. The largest absolute Gasteiger partial charge is 0.497 e. The minimum absolute atomic E-state index is 0.0142. The Morgan fingerprint density at radius 2 is 1.96 bits per heavy atom. The lowest BCUT2D eigenvalue weighted by atomic mass is 10.1. The van der Waals surface area contributed by atoms with Gasteiger partial charge in [-0.25, -0.2) is 4.68 Å². The minimum Gasteiger partial charge on any atom is -0.497 e. The van der Waals surface area contributed by atoms with Crippen LogP contribution in [0.15, 0.2) is 39.7 Å². The second kappa shape index (κ2) is 7.26. The predicted molar refractivity (Wildman–Crippen MR) is 98.3 cm³/mol. The molecule has 2 aromatic rings. The van der Waals surface area contributed by atoms with E-state index in [1.165, 1.54) is 4.68 Å². The van der Waals surface area contributed by atoms with Gasteiger partial charge in [-0.1, -0.05) is 6.07 Å². The standard InChI is InChI=1S/C17H19BrN4O3/c1-20-17(24)15(18)14(11-19-20)21-6-8-22(9-7-21)16(23)12-4-3-5-13(10-12)25-2/h3-5,10-11H,6-9H2,1-2H3. The summed E-state index contributed by atoms with van der Waals surface area (Å²) in [5, 5.41) is 4.07. The number of hydrogen-bond donors (Lipinski definition) is 0. The molecule has 0 N–H and O–H groups in total. The van der Waals surface area contributed by atoms with Crippen LogP contribution in [0.3, 0.4) is 0 Å². The fraction of sp³-hybridized carbons (Fsp3) is 0.353. The first kappa shape index (κ1) is 17.5. The molecule has 1 aromatic carbocycles. The number of piperazine rings is 1. The van der Waals surface area contributed by atoms with E-state index >= 15 is 0 Å². The molecule has 0 bridgehead atoms. The maximum absolute atomic E-state index is 12.7. The zero-order valence-electron chi connectivity index (χ0n) is 14.1. The van der Waals surface area contributed by atoms with Gasteiger partial charge in [0.05, 0.1) is 19.0 Å². The Kier molecular flexibility index (Phi) is 5.08. The molecule has 0 aliphatic carbocycles. The third-order valence-electron chi connectivity index (χ3n) is 4.28. The van der Waals surface area contributed by atoms with Crippen molar-refractivity contribution in [2.24, 2.45) is 7.05 Å². The molecule has 0 saturated carbocycles. The highest BCUT2D eigenvalue weighted by Crippen LogP contribution is 2.23. The normalized spacial score (nSPS) is 14.5. The van der Waals surface area contributed by atoms with E-state index in [1.807, 2.05) is 17.0 Å². The highest BCUT2D eigenvalue weighted by molar-refractivity contribution is 9.10. The molecule has 1 aliphatic rings. The number of halogens is 1. The number of nitrogens with zero attached hydrogens (tertiary/aromatic N) is 4. The van der Waals surface area contributed by atoms with Gasteiger partial charge < -0.3 is 14.5 Å². The van der Waals surface area contributed by atoms with Crippen LogP contribution in [0.2, 0.25) is 0 Å². The van der Waals surface area contributed by atoms with Crippen LogP contribution in [0, 0.1) is 0 Å². The Balaban J connectivity index is 1.70. The number of rotatable bonds is 3. The summed E-state index contributed by atoms with van der Waals surface area (Å²) in [6, 6.07) is 7.16. The monoisotopic (exact) mass is 406 g/mol. The molecule has 0 unspecified atom stereocenters. The molecule has 25 heavy (non-hydrogen) atoms. The highest BCUT2D eigenvalue weighted by Gasteiger charge is 2.24. The number of benzene rings is 1. The van der Waals surface area contributed by atoms with Crippen LogP contribution in [0.25, 0.3) is 0 Å². The molecular formula is C17H19BrN4O3. The molecule has 1 amide bonds. The summed E-state index contributed by atoms with van der Waals surface area (Å²) in [7, 11) is 3.19. The van der Waals surface area contributed by atoms with Gasteiger partial charge in [0.15, 0.2) is 0 Å². The number of carbonyl (C=O) groups is 1. The Labute approximate surface area is 153 Å². The van der Waals surface area contributed by atoms with Crippen molar-refractivity contribution >= 4 is 27.5 Å². The van der Waals surface area contributed by atoms with E-state index in [9.17, 15) is 9.59 Å². The zero-order chi connectivity index (χ0) is 18.0. The van der Waals surface area contributed by atoms with Crippen molar-refractivity contribution < 1.29 is 9.53 Å². The van der Waals surface area contributed by atoms with Gasteiger partial charge in [-0.2, -0.15) is 5.10 Å². The quantitative estimate of drug-likeness (QED) is 0.772. The van der Waals surface area contributed by atoms with Crippen LogP contribution in [-0.2, 0) is 7.05 Å². The molecule has 7 nitrogen and oxygen atoms in total. The van der Waals surface area contributed by atoms with E-state index in [1.54, 1.807) is 32.5 Å². The summed E-state index contributed by atoms with van der Waals surface area (Å²) < 4.78 is 6.96. The third kappa shape index (κ3) is 3.53. The first-order valence-corrected chi connectivity index (χ1v) is 8.70. The number of carbonyl (C=O) groups excluding carboxylic acids is 1. The lowest BCUT2D eigenvalue weighted by Gasteiger charge is -2.36. The summed E-state index contributed by atoms with van der Waals surface area (Å²) >= 11 is 3.35. The number of hydrogen-bond acceptors (Lipinski definition) is 5. The average molecular weight is 407 g/mol. The predicted octanol–water partition coefficient (Wildman–Crippen LogP) is 1.51. The summed E-state index contributed by atoms with van der Waals surface area (Å²) in [6.45, 7) is 2.45. The topological polar surface area (TPSA) is 67.7 Å². The van der Waals surface area contributed by atoms with Crippen LogP contribution < -0.4 is 15.2 Å². The van der Waals surface area contributed by atoms with E-state index in [0.717, 1.165) is 5.69 Å². The van der Waals surface area contributed by atoms with E-state index in [0.29, 0.717) is 42.0 Å². The minimum atomic E-state index is -0.174. The summed E-state index contributed by atoms with van der Waals surface area (Å²) in [5.74, 6) is 0.652. The van der Waals surface area contributed by atoms with Gasteiger partial charge >= 0.3 is 0 Å². The van der Waals surface area contributed by atoms with Gasteiger partial charge in [-0.3, -0.25) is 9.59 Å². The van der Waals surface area contributed by atoms with E-state index in [-0.39, 0.29) is 11.5 Å². The maximum Gasteiger partial charge on any atom is 0.282 e. The van der Waals surface area contributed by atoms with Gasteiger partial charge in [-0.15, -0.1) is 0 Å². The molecule has 1 aliphatic heterocycles. The Morgan fingerprint density at radius 1 is 1.24 bits per heavy atom. The molecule has 0 atom stereocenters. The molecule has 1 fully saturated rings. The third-order valence-corrected chi connectivity index (χ3v) is 5.03. The van der Waals surface area contributed by atoms with Crippen molar-refractivity contribution in [3.63, 3.8) is 0 Å². The number of aryl methyl sites for hydroxylation is 1. The average Bonchev–Trinajstić information content (AvgIpc) is 2.66. The lowest BCUT2D eigenvalue weighted by Crippen LogP contribution is -2.49. The molecule has 8 heteroatoms. The van der Waals surface area contributed by atoms with Crippen molar-refractivity contribution in [1.29, 1.82) is 0 Å². The van der Waals surface area contributed by atoms with E-state index < -0.39 is 0 Å². The Hall–Kier alpha value is -2.35. The van der Waals surface area contributed by atoms with Gasteiger partial charge in [-0.05, 0) is 34.1 Å². The number of amides is 1. The van der Waals surface area contributed by atoms with Crippen LogP contribution in [0.1, 0.15) is 10.4 Å². The number of aromatic nitrogens is 2. The zero-order valence-corrected chi connectivity index (χ0v) is 15.7.